The van der Waals surface area contributed by atoms with Crippen molar-refractivity contribution in [3.05, 3.63) is 29.8 Å². The summed E-state index contributed by atoms with van der Waals surface area (Å²) < 4.78 is 5.12. The molecule has 124 valence electrons. The lowest BCUT2D eigenvalue weighted by Gasteiger charge is -2.21. The van der Waals surface area contributed by atoms with Crippen LogP contribution in [-0.2, 0) is 0 Å². The molecule has 0 fully saturated rings. The van der Waals surface area contributed by atoms with Crippen LogP contribution in [0.1, 0.15) is 39.4 Å². The van der Waals surface area contributed by atoms with E-state index < -0.39 is 6.10 Å². The van der Waals surface area contributed by atoms with Gasteiger partial charge >= 0.3 is 0 Å². The average Bonchev–Trinajstić information content (AvgIpc) is 2.52. The van der Waals surface area contributed by atoms with Crippen molar-refractivity contribution >= 4 is 5.96 Å². The lowest BCUT2D eigenvalue weighted by Crippen LogP contribution is -2.44. The minimum atomic E-state index is -0.629. The van der Waals surface area contributed by atoms with Gasteiger partial charge in [-0.1, -0.05) is 26.0 Å². The molecule has 1 aromatic rings. The van der Waals surface area contributed by atoms with E-state index in [4.69, 9.17) is 4.74 Å². The molecule has 22 heavy (non-hydrogen) atoms. The van der Waals surface area contributed by atoms with Gasteiger partial charge < -0.3 is 20.5 Å². The van der Waals surface area contributed by atoms with Crippen LogP contribution in [0, 0.1) is 5.92 Å². The number of nitrogens with zero attached hydrogens (tertiary/aromatic N) is 1. The Morgan fingerprint density at radius 1 is 1.23 bits per heavy atom. The number of aliphatic hydroxyl groups is 1. The van der Waals surface area contributed by atoms with Crippen molar-refractivity contribution < 1.29 is 9.84 Å². The molecule has 0 radical (unpaired) electrons. The molecule has 0 amide bonds. The van der Waals surface area contributed by atoms with E-state index >= 15 is 0 Å². The van der Waals surface area contributed by atoms with Crippen molar-refractivity contribution in [2.24, 2.45) is 10.9 Å². The van der Waals surface area contributed by atoms with Crippen molar-refractivity contribution in [2.75, 3.05) is 20.2 Å². The zero-order valence-corrected chi connectivity index (χ0v) is 14.3. The van der Waals surface area contributed by atoms with Crippen LogP contribution in [0.3, 0.4) is 0 Å². The van der Waals surface area contributed by atoms with Gasteiger partial charge in [-0.15, -0.1) is 0 Å². The third kappa shape index (κ3) is 5.93. The molecule has 0 aromatic heterocycles. The monoisotopic (exact) mass is 307 g/mol. The number of ether oxygens (including phenoxy) is 1. The molecule has 2 unspecified atom stereocenters. The van der Waals surface area contributed by atoms with E-state index in [2.05, 4.69) is 36.4 Å². The standard InChI is InChI=1S/C17H29N3O2/c1-6-18-17(20-13(4)12(2)3)19-11-16(21)14-7-9-15(22-5)10-8-14/h7-10,12-13,16,21H,6,11H2,1-5H3,(H2,18,19,20). The van der Waals surface area contributed by atoms with E-state index in [1.54, 1.807) is 7.11 Å². The summed E-state index contributed by atoms with van der Waals surface area (Å²) in [5.74, 6) is 2.02. The highest BCUT2D eigenvalue weighted by atomic mass is 16.5. The Kier molecular flexibility index (Phi) is 7.74. The lowest BCUT2D eigenvalue weighted by molar-refractivity contribution is 0.187. The number of aliphatic imine (C=N–C) groups is 1. The predicted molar refractivity (Wildman–Crippen MR) is 91.4 cm³/mol. The first-order valence-electron chi connectivity index (χ1n) is 7.84. The molecule has 0 saturated carbocycles. The molecule has 2 atom stereocenters. The third-order valence-corrected chi connectivity index (χ3v) is 3.63. The zero-order chi connectivity index (χ0) is 16.5. The number of nitrogens with one attached hydrogen (secondary N) is 2. The van der Waals surface area contributed by atoms with Crippen LogP contribution in [0.15, 0.2) is 29.3 Å². The summed E-state index contributed by atoms with van der Waals surface area (Å²) in [5.41, 5.74) is 0.831. The van der Waals surface area contributed by atoms with Crippen LogP contribution in [0.5, 0.6) is 5.75 Å². The van der Waals surface area contributed by atoms with Crippen molar-refractivity contribution in [1.29, 1.82) is 0 Å². The highest BCUT2D eigenvalue weighted by Crippen LogP contribution is 2.17. The Morgan fingerprint density at radius 2 is 1.86 bits per heavy atom. The predicted octanol–water partition coefficient (Wildman–Crippen LogP) is 2.33. The number of aliphatic hydroxyl groups excluding tert-OH is 1. The van der Waals surface area contributed by atoms with E-state index in [0.29, 0.717) is 18.5 Å². The van der Waals surface area contributed by atoms with Gasteiger partial charge in [0.25, 0.3) is 0 Å². The molecular weight excluding hydrogens is 278 g/mol. The maximum Gasteiger partial charge on any atom is 0.191 e. The fourth-order valence-electron chi connectivity index (χ4n) is 1.81. The van der Waals surface area contributed by atoms with Gasteiger partial charge in [0.2, 0.25) is 0 Å². The highest BCUT2D eigenvalue weighted by molar-refractivity contribution is 5.80. The first-order chi connectivity index (χ1) is 10.5. The second-order valence-corrected chi connectivity index (χ2v) is 5.69. The largest absolute Gasteiger partial charge is 0.497 e. The van der Waals surface area contributed by atoms with Crippen LogP contribution >= 0.6 is 0 Å². The van der Waals surface area contributed by atoms with E-state index in [-0.39, 0.29) is 0 Å². The topological polar surface area (TPSA) is 65.9 Å². The van der Waals surface area contributed by atoms with Crippen molar-refractivity contribution in [1.82, 2.24) is 10.6 Å². The second kappa shape index (κ2) is 9.30. The SMILES string of the molecule is CCNC(=NCC(O)c1ccc(OC)cc1)NC(C)C(C)C. The van der Waals surface area contributed by atoms with Crippen LogP contribution < -0.4 is 15.4 Å². The first-order valence-corrected chi connectivity index (χ1v) is 7.84. The van der Waals surface area contributed by atoms with Crippen molar-refractivity contribution in [3.8, 4) is 5.75 Å². The molecule has 0 aliphatic rings. The second-order valence-electron chi connectivity index (χ2n) is 5.69. The van der Waals surface area contributed by atoms with Gasteiger partial charge in [0.1, 0.15) is 5.75 Å². The van der Waals surface area contributed by atoms with Crippen LogP contribution in [0.4, 0.5) is 0 Å². The van der Waals surface area contributed by atoms with Crippen LogP contribution in [0.25, 0.3) is 0 Å². The Labute approximate surface area is 133 Å². The number of methoxy groups -OCH3 is 1. The minimum Gasteiger partial charge on any atom is -0.497 e. The molecular formula is C17H29N3O2. The summed E-state index contributed by atoms with van der Waals surface area (Å²) >= 11 is 0. The fraction of sp³-hybridized carbons (Fsp3) is 0.588. The van der Waals surface area contributed by atoms with Gasteiger partial charge in [0.05, 0.1) is 19.8 Å². The van der Waals surface area contributed by atoms with Crippen LogP contribution in [-0.4, -0.2) is 37.3 Å². The van der Waals surface area contributed by atoms with Gasteiger partial charge in [0.15, 0.2) is 5.96 Å². The van der Waals surface area contributed by atoms with E-state index in [1.807, 2.05) is 31.2 Å². The summed E-state index contributed by atoms with van der Waals surface area (Å²) in [6.07, 6.45) is -0.629. The summed E-state index contributed by atoms with van der Waals surface area (Å²) in [5, 5.41) is 16.8. The molecule has 5 heteroatoms. The molecule has 3 N–H and O–H groups in total. The fourth-order valence-corrected chi connectivity index (χ4v) is 1.81. The average molecular weight is 307 g/mol. The molecule has 5 nitrogen and oxygen atoms in total. The summed E-state index contributed by atoms with van der Waals surface area (Å²) in [6, 6.07) is 7.71. The summed E-state index contributed by atoms with van der Waals surface area (Å²) in [7, 11) is 1.62. The molecule has 1 rings (SSSR count). The highest BCUT2D eigenvalue weighted by Gasteiger charge is 2.11. The number of rotatable bonds is 7. The third-order valence-electron chi connectivity index (χ3n) is 3.63. The molecule has 0 saturated heterocycles. The molecule has 0 spiro atoms. The van der Waals surface area contributed by atoms with Gasteiger partial charge in [0, 0.05) is 12.6 Å². The van der Waals surface area contributed by atoms with E-state index in [9.17, 15) is 5.11 Å². The van der Waals surface area contributed by atoms with Gasteiger partial charge in [-0.2, -0.15) is 0 Å². The van der Waals surface area contributed by atoms with Crippen molar-refractivity contribution in [3.63, 3.8) is 0 Å². The van der Waals surface area contributed by atoms with E-state index in [0.717, 1.165) is 23.8 Å². The number of hydrogen-bond donors (Lipinski definition) is 3. The van der Waals surface area contributed by atoms with Gasteiger partial charge in [-0.05, 0) is 37.5 Å². The molecule has 1 aromatic carbocycles. The number of benzene rings is 1. The van der Waals surface area contributed by atoms with E-state index in [1.165, 1.54) is 0 Å². The van der Waals surface area contributed by atoms with Crippen molar-refractivity contribution in [2.45, 2.75) is 39.8 Å². The number of guanidine groups is 1. The van der Waals surface area contributed by atoms with Gasteiger partial charge in [-0.25, -0.2) is 0 Å². The smallest absolute Gasteiger partial charge is 0.191 e. The molecule has 0 aliphatic heterocycles. The summed E-state index contributed by atoms with van der Waals surface area (Å²) in [6.45, 7) is 9.57. The number of hydrogen-bond acceptors (Lipinski definition) is 3. The normalized spacial score (nSPS) is 14.6. The Balaban J connectivity index is 2.67. The summed E-state index contributed by atoms with van der Waals surface area (Å²) in [4.78, 5) is 4.47. The Bertz CT molecular complexity index is 457. The minimum absolute atomic E-state index is 0.312. The molecule has 0 bridgehead atoms. The quantitative estimate of drug-likeness (QED) is 0.534. The Morgan fingerprint density at radius 3 is 2.36 bits per heavy atom. The zero-order valence-electron chi connectivity index (χ0n) is 14.3. The molecule has 0 aliphatic carbocycles. The Hall–Kier alpha value is -1.75. The molecule has 0 heterocycles. The maximum absolute atomic E-state index is 10.2. The van der Waals surface area contributed by atoms with Crippen LogP contribution in [0.2, 0.25) is 0 Å². The first kappa shape index (κ1) is 18.3. The lowest BCUT2D eigenvalue weighted by atomic mass is 10.1. The van der Waals surface area contributed by atoms with Gasteiger partial charge in [-0.3, -0.25) is 4.99 Å². The maximum atomic E-state index is 10.2.